The van der Waals surface area contributed by atoms with Crippen LogP contribution in [0.3, 0.4) is 0 Å². The Morgan fingerprint density at radius 3 is 0.840 bits per heavy atom. The molecule has 0 aliphatic carbocycles. The van der Waals surface area contributed by atoms with Gasteiger partial charge in [-0.3, -0.25) is 0 Å². The van der Waals surface area contributed by atoms with Crippen LogP contribution in [0.5, 0.6) is 0 Å². The standard InChI is InChI=1S/2C10H21O2.Hg/c2*1-8(11-9(2,3)4)12-10(5,6)7;/h2*8H,1H2,2-7H3;. The number of rotatable bonds is 8. The molecule has 0 heterocycles. The van der Waals surface area contributed by atoms with Gasteiger partial charge in [-0.1, -0.05) is 0 Å². The van der Waals surface area contributed by atoms with Gasteiger partial charge in [0.15, 0.2) is 0 Å². The van der Waals surface area contributed by atoms with E-state index in [0.29, 0.717) is 0 Å². The van der Waals surface area contributed by atoms with Crippen LogP contribution in [-0.2, 0) is 43.5 Å². The summed E-state index contributed by atoms with van der Waals surface area (Å²) in [6, 6.07) is 0. The van der Waals surface area contributed by atoms with Crippen LogP contribution in [-0.4, -0.2) is 35.0 Å². The molecule has 0 fully saturated rings. The molecule has 25 heavy (non-hydrogen) atoms. The summed E-state index contributed by atoms with van der Waals surface area (Å²) in [5.41, 5.74) is -0.806. The van der Waals surface area contributed by atoms with Crippen LogP contribution in [0.4, 0.5) is 0 Å². The van der Waals surface area contributed by atoms with E-state index in [1.165, 1.54) is 0 Å². The first-order valence-electron chi connectivity index (χ1n) is 9.58. The average Bonchev–Trinajstić information content (AvgIpc) is 2.18. The van der Waals surface area contributed by atoms with E-state index in [-0.39, 0.29) is 35.0 Å². The van der Waals surface area contributed by atoms with E-state index >= 15 is 0 Å². The van der Waals surface area contributed by atoms with Gasteiger partial charge in [-0.15, -0.1) is 0 Å². The fraction of sp³-hybridized carbons (Fsp3) is 1.00. The molecule has 4 nitrogen and oxygen atoms in total. The zero-order chi connectivity index (χ0) is 20.1. The summed E-state index contributed by atoms with van der Waals surface area (Å²) in [5.74, 6) is 0. The van der Waals surface area contributed by atoms with Gasteiger partial charge in [-0.25, -0.2) is 0 Å². The molecular formula is C20H42HgO4. The van der Waals surface area contributed by atoms with Gasteiger partial charge in [0.05, 0.1) is 0 Å². The monoisotopic (exact) mass is 548 g/mol. The van der Waals surface area contributed by atoms with Gasteiger partial charge in [-0.05, 0) is 0 Å². The van der Waals surface area contributed by atoms with Gasteiger partial charge >= 0.3 is 169 Å². The van der Waals surface area contributed by atoms with Crippen molar-refractivity contribution in [3.8, 4) is 0 Å². The number of hydrogen-bond acceptors (Lipinski definition) is 4. The van der Waals surface area contributed by atoms with Gasteiger partial charge in [0, 0.05) is 0 Å². The molecule has 0 aromatic carbocycles. The Balaban J connectivity index is 4.75. The first kappa shape index (κ1) is 25.8. The van der Waals surface area contributed by atoms with Crippen molar-refractivity contribution < 1.29 is 43.5 Å². The van der Waals surface area contributed by atoms with Gasteiger partial charge < -0.3 is 0 Å². The van der Waals surface area contributed by atoms with Crippen LogP contribution in [0, 0.1) is 0 Å². The van der Waals surface area contributed by atoms with Crippen molar-refractivity contribution in [3.63, 3.8) is 0 Å². The van der Waals surface area contributed by atoms with Crippen molar-refractivity contribution >= 4 is 0 Å². The molecular weight excluding hydrogens is 505 g/mol. The molecule has 0 aliphatic rings. The van der Waals surface area contributed by atoms with E-state index < -0.39 is 24.6 Å². The molecule has 0 amide bonds. The van der Waals surface area contributed by atoms with E-state index in [1.807, 2.05) is 0 Å². The SMILES string of the molecule is CC(C)(C)OC([CH2][Hg][CH2]C(OC(C)(C)C)OC(C)(C)C)OC(C)(C)C. The fourth-order valence-electron chi connectivity index (χ4n) is 2.31. The maximum atomic E-state index is 6.15. The van der Waals surface area contributed by atoms with Gasteiger partial charge in [0.25, 0.3) is 0 Å². The quantitative estimate of drug-likeness (QED) is 0.284. The third kappa shape index (κ3) is 17.9. The molecule has 0 saturated heterocycles. The third-order valence-corrected chi connectivity index (χ3v) is 9.66. The number of hydrogen-bond donors (Lipinski definition) is 0. The second kappa shape index (κ2) is 9.81. The minimum atomic E-state index is -1.28. The Morgan fingerprint density at radius 2 is 0.680 bits per heavy atom. The summed E-state index contributed by atoms with van der Waals surface area (Å²) in [4.78, 5) is 0. The molecule has 148 valence electrons. The maximum absolute atomic E-state index is 6.15. The van der Waals surface area contributed by atoms with E-state index in [0.717, 1.165) is 7.86 Å². The van der Waals surface area contributed by atoms with Crippen LogP contribution in [0.25, 0.3) is 0 Å². The topological polar surface area (TPSA) is 36.9 Å². The molecule has 0 spiro atoms. The molecule has 0 aromatic heterocycles. The second-order valence-electron chi connectivity index (χ2n) is 10.7. The van der Waals surface area contributed by atoms with Crippen molar-refractivity contribution in [1.29, 1.82) is 0 Å². The summed E-state index contributed by atoms with van der Waals surface area (Å²) >= 11 is -1.28. The van der Waals surface area contributed by atoms with Crippen molar-refractivity contribution in [3.05, 3.63) is 0 Å². The summed E-state index contributed by atoms with van der Waals surface area (Å²) in [5, 5.41) is 0. The second-order valence-corrected chi connectivity index (χ2v) is 17.9. The van der Waals surface area contributed by atoms with Crippen LogP contribution >= 0.6 is 0 Å². The first-order chi connectivity index (χ1) is 10.9. The zero-order valence-corrected chi connectivity index (χ0v) is 24.4. The summed E-state index contributed by atoms with van der Waals surface area (Å²) in [7, 11) is 0. The molecule has 0 atom stereocenters. The van der Waals surface area contributed by atoms with Crippen LogP contribution in [0.2, 0.25) is 7.86 Å². The van der Waals surface area contributed by atoms with E-state index in [4.69, 9.17) is 18.9 Å². The van der Waals surface area contributed by atoms with Crippen molar-refractivity contribution in [2.24, 2.45) is 0 Å². The fourth-order valence-corrected chi connectivity index (χ4v) is 7.65. The van der Waals surface area contributed by atoms with Crippen molar-refractivity contribution in [2.45, 2.75) is 126 Å². The molecule has 5 heteroatoms. The average molecular weight is 547 g/mol. The molecule has 0 radical (unpaired) electrons. The Labute approximate surface area is 169 Å². The summed E-state index contributed by atoms with van der Waals surface area (Å²) in [6.07, 6.45) is -0.266. The van der Waals surface area contributed by atoms with Crippen molar-refractivity contribution in [1.82, 2.24) is 0 Å². The zero-order valence-electron chi connectivity index (χ0n) is 18.9. The van der Waals surface area contributed by atoms with Crippen molar-refractivity contribution in [2.75, 3.05) is 0 Å². The van der Waals surface area contributed by atoms with Gasteiger partial charge in [0.1, 0.15) is 0 Å². The van der Waals surface area contributed by atoms with E-state index in [2.05, 4.69) is 83.1 Å². The molecule has 0 rings (SSSR count). The predicted molar refractivity (Wildman–Crippen MR) is 101 cm³/mol. The minimum absolute atomic E-state index is 0.133. The Kier molecular flexibility index (Phi) is 10.1. The molecule has 0 unspecified atom stereocenters. The van der Waals surface area contributed by atoms with Gasteiger partial charge in [-0.2, -0.15) is 0 Å². The Bertz CT molecular complexity index is 301. The Morgan fingerprint density at radius 1 is 0.480 bits per heavy atom. The predicted octanol–water partition coefficient (Wildman–Crippen LogP) is 5.82. The molecule has 0 bridgehead atoms. The molecule has 0 aromatic rings. The molecule has 0 N–H and O–H groups in total. The van der Waals surface area contributed by atoms with Crippen LogP contribution < -0.4 is 0 Å². The molecule has 0 aliphatic heterocycles. The third-order valence-electron chi connectivity index (χ3n) is 2.82. The van der Waals surface area contributed by atoms with E-state index in [9.17, 15) is 0 Å². The number of ether oxygens (including phenoxy) is 4. The van der Waals surface area contributed by atoms with Crippen LogP contribution in [0.15, 0.2) is 0 Å². The molecule has 0 saturated carbocycles. The Hall–Kier alpha value is 0.775. The first-order valence-corrected chi connectivity index (χ1v) is 17.4. The normalized spacial score (nSPS) is 14.3. The van der Waals surface area contributed by atoms with Gasteiger partial charge in [0.2, 0.25) is 0 Å². The van der Waals surface area contributed by atoms with E-state index in [1.54, 1.807) is 0 Å². The summed E-state index contributed by atoms with van der Waals surface area (Å²) < 4.78 is 26.7. The van der Waals surface area contributed by atoms with Crippen LogP contribution in [0.1, 0.15) is 83.1 Å². The summed E-state index contributed by atoms with van der Waals surface area (Å²) in [6.45, 7) is 25.0.